The summed E-state index contributed by atoms with van der Waals surface area (Å²) in [5, 5.41) is 7.99. The van der Waals surface area contributed by atoms with Gasteiger partial charge < -0.3 is 5.11 Å². The summed E-state index contributed by atoms with van der Waals surface area (Å²) in [6.45, 7) is 0. The van der Waals surface area contributed by atoms with Gasteiger partial charge in [0.15, 0.2) is 9.84 Å². The van der Waals surface area contributed by atoms with E-state index in [1.54, 1.807) is 6.07 Å². The molecule has 1 aliphatic carbocycles. The van der Waals surface area contributed by atoms with E-state index in [1.165, 1.54) is 18.2 Å². The number of carboxylic acids is 1. The van der Waals surface area contributed by atoms with Crippen molar-refractivity contribution in [2.45, 2.75) is 11.2 Å². The molecule has 6 heteroatoms. The van der Waals surface area contributed by atoms with E-state index in [4.69, 9.17) is 5.11 Å². The van der Waals surface area contributed by atoms with Gasteiger partial charge in [0.1, 0.15) is 5.82 Å². The van der Waals surface area contributed by atoms with Gasteiger partial charge in [-0.3, -0.25) is 4.79 Å². The molecule has 4 nitrogen and oxygen atoms in total. The molecule has 1 saturated carbocycles. The molecule has 0 amide bonds. The first kappa shape index (κ1) is 12.0. The molecule has 2 rings (SSSR count). The lowest BCUT2D eigenvalue weighted by Crippen LogP contribution is -2.10. The largest absolute Gasteiger partial charge is 0.481 e. The van der Waals surface area contributed by atoms with Crippen LogP contribution in [0.4, 0.5) is 4.39 Å². The summed E-state index contributed by atoms with van der Waals surface area (Å²) in [7, 11) is -3.44. The van der Waals surface area contributed by atoms with Crippen molar-refractivity contribution in [3.8, 4) is 0 Å². The fraction of sp³-hybridized carbons (Fsp3) is 0.364. The number of sulfone groups is 1. The van der Waals surface area contributed by atoms with E-state index in [-0.39, 0.29) is 0 Å². The minimum atomic E-state index is -3.44. The van der Waals surface area contributed by atoms with E-state index in [0.29, 0.717) is 5.56 Å². The van der Waals surface area contributed by atoms with Crippen molar-refractivity contribution in [3.05, 3.63) is 35.6 Å². The Morgan fingerprint density at radius 1 is 1.41 bits per heavy atom. The zero-order valence-electron chi connectivity index (χ0n) is 9.00. The number of rotatable bonds is 3. The maximum atomic E-state index is 13.0. The van der Waals surface area contributed by atoms with E-state index in [9.17, 15) is 17.6 Å². The molecule has 1 fully saturated rings. The molecule has 17 heavy (non-hydrogen) atoms. The van der Waals surface area contributed by atoms with Crippen LogP contribution in [0.3, 0.4) is 0 Å². The summed E-state index contributed by atoms with van der Waals surface area (Å²) in [6.07, 6.45) is 1.01. The number of hydrogen-bond acceptors (Lipinski definition) is 3. The van der Waals surface area contributed by atoms with Crippen molar-refractivity contribution in [1.82, 2.24) is 0 Å². The molecule has 1 N–H and O–H groups in total. The molecule has 0 heterocycles. The van der Waals surface area contributed by atoms with Gasteiger partial charge in [-0.2, -0.15) is 0 Å². The summed E-state index contributed by atoms with van der Waals surface area (Å²) >= 11 is 0. The predicted molar refractivity (Wildman–Crippen MR) is 58.9 cm³/mol. The summed E-state index contributed by atoms with van der Waals surface area (Å²) in [6, 6.07) is 5.42. The maximum Gasteiger partial charge on any atom is 0.308 e. The summed E-state index contributed by atoms with van der Waals surface area (Å²) in [4.78, 5) is 10.9. The number of aliphatic carboxylic acids is 1. The second-order valence-corrected chi connectivity index (χ2v) is 6.44. The van der Waals surface area contributed by atoms with Crippen LogP contribution < -0.4 is 0 Å². The minimum absolute atomic E-state index is 0.424. The van der Waals surface area contributed by atoms with Crippen LogP contribution >= 0.6 is 0 Å². The van der Waals surface area contributed by atoms with Crippen LogP contribution in [0.5, 0.6) is 0 Å². The first-order chi connectivity index (χ1) is 7.82. The molecule has 1 aromatic carbocycles. The smallest absolute Gasteiger partial charge is 0.308 e. The van der Waals surface area contributed by atoms with Gasteiger partial charge in [-0.1, -0.05) is 12.1 Å². The minimum Gasteiger partial charge on any atom is -0.481 e. The molecule has 0 unspecified atom stereocenters. The van der Waals surface area contributed by atoms with Crippen LogP contribution in [0.1, 0.15) is 11.5 Å². The fourth-order valence-corrected chi connectivity index (χ4v) is 3.81. The maximum absolute atomic E-state index is 13.0. The average molecular weight is 258 g/mol. The van der Waals surface area contributed by atoms with Gasteiger partial charge in [0.2, 0.25) is 0 Å². The van der Waals surface area contributed by atoms with E-state index in [1.807, 2.05) is 0 Å². The van der Waals surface area contributed by atoms with Crippen LogP contribution in [0.25, 0.3) is 0 Å². The predicted octanol–water partition coefficient (Wildman–Crippen LogP) is 1.04. The van der Waals surface area contributed by atoms with Gasteiger partial charge >= 0.3 is 5.97 Å². The summed E-state index contributed by atoms with van der Waals surface area (Å²) in [5.74, 6) is -3.26. The molecule has 3 atom stereocenters. The molecular weight excluding hydrogens is 247 g/mol. The van der Waals surface area contributed by atoms with Crippen LogP contribution in [-0.4, -0.2) is 31.0 Å². The zero-order valence-corrected chi connectivity index (χ0v) is 9.82. The Bertz CT molecular complexity index is 567. The lowest BCUT2D eigenvalue weighted by Gasteiger charge is -1.98. The number of halogens is 1. The monoisotopic (exact) mass is 258 g/mol. The van der Waals surface area contributed by atoms with E-state index >= 15 is 0 Å². The van der Waals surface area contributed by atoms with E-state index < -0.39 is 38.7 Å². The van der Waals surface area contributed by atoms with Gasteiger partial charge in [-0.15, -0.1) is 0 Å². The number of carbonyl (C=O) groups is 1. The highest BCUT2D eigenvalue weighted by molar-refractivity contribution is 7.91. The second-order valence-electron chi connectivity index (χ2n) is 4.24. The molecule has 0 aromatic heterocycles. The first-order valence-electron chi connectivity index (χ1n) is 4.99. The van der Waals surface area contributed by atoms with Gasteiger partial charge in [0.05, 0.1) is 11.2 Å². The Hall–Kier alpha value is -1.43. The highest BCUT2D eigenvalue weighted by Crippen LogP contribution is 2.52. The Labute approximate surface area is 98.0 Å². The molecule has 1 aromatic rings. The lowest BCUT2D eigenvalue weighted by atomic mass is 10.1. The Morgan fingerprint density at radius 3 is 2.47 bits per heavy atom. The molecule has 0 spiro atoms. The standard InChI is InChI=1S/C11H11FO4S/c1-17(15,16)10-8(9(10)11(13)14)6-3-2-4-7(12)5-6/h2-5,8-10H,1H3,(H,13,14)/t8-,9+,10-/m0/s1. The molecule has 92 valence electrons. The summed E-state index contributed by atoms with van der Waals surface area (Å²) in [5.41, 5.74) is 0.424. The lowest BCUT2D eigenvalue weighted by molar-refractivity contribution is -0.138. The van der Waals surface area contributed by atoms with Crippen LogP contribution in [0.15, 0.2) is 24.3 Å². The quantitative estimate of drug-likeness (QED) is 0.879. The van der Waals surface area contributed by atoms with Crippen molar-refractivity contribution < 1.29 is 22.7 Å². The van der Waals surface area contributed by atoms with E-state index in [2.05, 4.69) is 0 Å². The summed E-state index contributed by atoms with van der Waals surface area (Å²) < 4.78 is 35.9. The Balaban J connectivity index is 2.37. The highest BCUT2D eigenvalue weighted by atomic mass is 32.2. The third-order valence-electron chi connectivity index (χ3n) is 2.97. The molecule has 0 radical (unpaired) electrons. The van der Waals surface area contributed by atoms with Crippen LogP contribution in [0.2, 0.25) is 0 Å². The topological polar surface area (TPSA) is 71.4 Å². The van der Waals surface area contributed by atoms with Crippen molar-refractivity contribution in [2.24, 2.45) is 5.92 Å². The SMILES string of the molecule is CS(=O)(=O)[C@@H]1[C@H](C(=O)O)[C@@H]1c1cccc(F)c1. The fourth-order valence-electron chi connectivity index (χ4n) is 2.22. The van der Waals surface area contributed by atoms with Crippen LogP contribution in [-0.2, 0) is 14.6 Å². The van der Waals surface area contributed by atoms with E-state index in [0.717, 1.165) is 6.26 Å². The normalized spacial score (nSPS) is 27.8. The Morgan fingerprint density at radius 2 is 2.06 bits per heavy atom. The number of hydrogen-bond donors (Lipinski definition) is 1. The molecule has 0 bridgehead atoms. The third-order valence-corrected chi connectivity index (χ3v) is 4.54. The van der Waals surface area contributed by atoms with Gasteiger partial charge in [-0.05, 0) is 17.7 Å². The van der Waals surface area contributed by atoms with Gasteiger partial charge in [0, 0.05) is 12.2 Å². The Kier molecular flexibility index (Phi) is 2.69. The second kappa shape index (κ2) is 3.80. The number of benzene rings is 1. The average Bonchev–Trinajstić information content (AvgIpc) is 2.91. The van der Waals surface area contributed by atoms with Crippen LogP contribution in [0, 0.1) is 11.7 Å². The third kappa shape index (κ3) is 2.17. The highest BCUT2D eigenvalue weighted by Gasteiger charge is 2.61. The van der Waals surface area contributed by atoms with Crippen molar-refractivity contribution >= 4 is 15.8 Å². The van der Waals surface area contributed by atoms with Crippen molar-refractivity contribution in [2.75, 3.05) is 6.26 Å². The molecule has 1 aliphatic rings. The van der Waals surface area contributed by atoms with Gasteiger partial charge in [0.25, 0.3) is 0 Å². The van der Waals surface area contributed by atoms with Crippen molar-refractivity contribution in [3.63, 3.8) is 0 Å². The zero-order chi connectivity index (χ0) is 12.8. The number of carboxylic acid groups (broad SMARTS) is 1. The molecule has 0 saturated heterocycles. The molecule has 0 aliphatic heterocycles. The van der Waals surface area contributed by atoms with Gasteiger partial charge in [-0.25, -0.2) is 12.8 Å². The van der Waals surface area contributed by atoms with Crippen molar-refractivity contribution in [1.29, 1.82) is 0 Å². The first-order valence-corrected chi connectivity index (χ1v) is 6.95. The molecular formula is C11H11FO4S.